The average Bonchev–Trinajstić information content (AvgIpc) is 2.61. The highest BCUT2D eigenvalue weighted by atomic mass is 31.0. The Morgan fingerprint density at radius 2 is 1.93 bits per heavy atom. The summed E-state index contributed by atoms with van der Waals surface area (Å²) in [5, 5.41) is 0.758. The zero-order valence-corrected chi connectivity index (χ0v) is 18.0. The number of fused-ring (bicyclic) bond motifs is 1. The minimum atomic E-state index is -0.273. The maximum atomic E-state index is 13.4. The third kappa shape index (κ3) is 5.59. The Hall–Kier alpha value is -1.79. The molecule has 0 fully saturated rings. The van der Waals surface area contributed by atoms with E-state index in [1.165, 1.54) is 42.5 Å². The van der Waals surface area contributed by atoms with Crippen LogP contribution in [-0.2, 0) is 11.2 Å². The molecule has 0 N–H and O–H groups in total. The van der Waals surface area contributed by atoms with E-state index in [9.17, 15) is 9.18 Å². The molecule has 1 aliphatic rings. The molecule has 0 saturated carbocycles. The Morgan fingerprint density at radius 1 is 1.22 bits per heavy atom. The van der Waals surface area contributed by atoms with Gasteiger partial charge in [-0.15, -0.1) is 9.24 Å². The molecule has 0 spiro atoms. The molecule has 0 heterocycles. The Morgan fingerprint density at radius 3 is 2.56 bits per heavy atom. The number of allylic oxidation sites excluding steroid dienone is 1. The summed E-state index contributed by atoms with van der Waals surface area (Å²) in [5.74, 6) is 0.307. The first-order chi connectivity index (χ1) is 12.9. The summed E-state index contributed by atoms with van der Waals surface area (Å²) in [5.41, 5.74) is 5.53. The fourth-order valence-electron chi connectivity index (χ4n) is 3.52. The molecule has 1 nitrogen and oxygen atoms in total. The van der Waals surface area contributed by atoms with Crippen LogP contribution >= 0.6 is 9.24 Å². The largest absolute Gasteiger partial charge is 0.295 e. The van der Waals surface area contributed by atoms with E-state index in [-0.39, 0.29) is 11.6 Å². The van der Waals surface area contributed by atoms with Crippen molar-refractivity contribution in [2.24, 2.45) is 0 Å². The van der Waals surface area contributed by atoms with Crippen LogP contribution in [0.25, 0.3) is 5.57 Å². The maximum Gasteiger partial charge on any atom is 0.153 e. The summed E-state index contributed by atoms with van der Waals surface area (Å²) in [6, 6.07) is 11.1. The Labute approximate surface area is 165 Å². The van der Waals surface area contributed by atoms with Gasteiger partial charge in [0.15, 0.2) is 5.78 Å². The van der Waals surface area contributed by atoms with Crippen molar-refractivity contribution in [3.05, 3.63) is 70.5 Å². The van der Waals surface area contributed by atoms with Crippen molar-refractivity contribution in [1.29, 1.82) is 0 Å². The van der Waals surface area contributed by atoms with E-state index < -0.39 is 0 Å². The normalized spacial score (nSPS) is 16.2. The topological polar surface area (TPSA) is 17.1 Å². The molecule has 2 unspecified atom stereocenters. The van der Waals surface area contributed by atoms with E-state index in [0.717, 1.165) is 28.4 Å². The number of rotatable bonds is 3. The van der Waals surface area contributed by atoms with Crippen LogP contribution in [0.5, 0.6) is 0 Å². The van der Waals surface area contributed by atoms with Gasteiger partial charge in [0, 0.05) is 0 Å². The van der Waals surface area contributed by atoms with Crippen LogP contribution in [0.4, 0.5) is 4.39 Å². The molecule has 2 aromatic carbocycles. The van der Waals surface area contributed by atoms with E-state index in [1.54, 1.807) is 19.1 Å². The molecule has 0 radical (unpaired) electrons. The number of halogens is 1. The lowest BCUT2D eigenvalue weighted by Crippen LogP contribution is -2.09. The zero-order valence-electron chi connectivity index (χ0n) is 16.8. The molecule has 0 aliphatic heterocycles. The average molecular weight is 384 g/mol. The van der Waals surface area contributed by atoms with E-state index >= 15 is 0 Å². The van der Waals surface area contributed by atoms with Crippen LogP contribution in [0.2, 0.25) is 0 Å². The minimum Gasteiger partial charge on any atom is -0.295 e. The lowest BCUT2D eigenvalue weighted by Gasteiger charge is -2.23. The molecule has 0 amide bonds. The van der Waals surface area contributed by atoms with Crippen molar-refractivity contribution in [2.75, 3.05) is 0 Å². The molecular formula is C24H30FOP. The third-order valence-electron chi connectivity index (χ3n) is 4.72. The van der Waals surface area contributed by atoms with Crippen molar-refractivity contribution < 1.29 is 9.18 Å². The molecule has 27 heavy (non-hydrogen) atoms. The van der Waals surface area contributed by atoms with E-state index in [0.29, 0.717) is 5.92 Å². The Balaban J connectivity index is 0.000000817. The smallest absolute Gasteiger partial charge is 0.153 e. The number of hydrogen-bond donors (Lipinski definition) is 0. The molecule has 0 bridgehead atoms. The quantitative estimate of drug-likeness (QED) is 0.455. The summed E-state index contributed by atoms with van der Waals surface area (Å²) < 4.78 is 13.4. The monoisotopic (exact) mass is 384 g/mol. The van der Waals surface area contributed by atoms with Crippen molar-refractivity contribution in [3.8, 4) is 0 Å². The van der Waals surface area contributed by atoms with Crippen molar-refractivity contribution in [2.45, 2.75) is 59.3 Å². The summed E-state index contributed by atoms with van der Waals surface area (Å²) in [4.78, 5) is 11.8. The molecular weight excluding hydrogens is 354 g/mol. The fourth-order valence-corrected chi connectivity index (χ4v) is 3.93. The SMILES string of the molecule is CC(=O)/C=C(\c1ccc2c(c1)CCCC2C)c1ccc(F)cc1P.CCC. The molecule has 2 atom stereocenters. The van der Waals surface area contributed by atoms with Crippen molar-refractivity contribution in [1.82, 2.24) is 0 Å². The molecule has 3 heteroatoms. The number of benzene rings is 2. The molecule has 3 rings (SSSR count). The second-order valence-electron chi connectivity index (χ2n) is 7.31. The van der Waals surface area contributed by atoms with Gasteiger partial charge < -0.3 is 0 Å². The van der Waals surface area contributed by atoms with Gasteiger partial charge in [-0.2, -0.15) is 0 Å². The highest BCUT2D eigenvalue weighted by Crippen LogP contribution is 2.34. The number of carbonyl (C=O) groups is 1. The van der Waals surface area contributed by atoms with Gasteiger partial charge >= 0.3 is 0 Å². The standard InChI is InChI=1S/C21H22FOP.C3H8/c1-13-4-3-5-15-11-16(6-8-18(13)15)20(10-14(2)23)19-9-7-17(22)12-21(19)24;1-3-2/h6-13H,3-5,24H2,1-2H3;3H2,1-2H3/b20-10+;. The van der Waals surface area contributed by atoms with Crippen molar-refractivity contribution >= 4 is 25.9 Å². The Bertz CT molecular complexity index is 838. The Kier molecular flexibility index (Phi) is 7.92. The maximum absolute atomic E-state index is 13.4. The first kappa shape index (κ1) is 21.5. The van der Waals surface area contributed by atoms with Crippen LogP contribution in [-0.4, -0.2) is 5.78 Å². The van der Waals surface area contributed by atoms with Gasteiger partial charge in [-0.25, -0.2) is 4.39 Å². The molecule has 1 aliphatic carbocycles. The van der Waals surface area contributed by atoms with Gasteiger partial charge in [-0.1, -0.05) is 51.5 Å². The highest BCUT2D eigenvalue weighted by molar-refractivity contribution is 7.27. The summed E-state index contributed by atoms with van der Waals surface area (Å²) >= 11 is 0. The van der Waals surface area contributed by atoms with Gasteiger partial charge in [0.1, 0.15) is 5.82 Å². The summed E-state index contributed by atoms with van der Waals surface area (Å²) in [6.45, 7) is 8.07. The number of aryl methyl sites for hydroxylation is 1. The number of carbonyl (C=O) groups excluding carboxylic acids is 1. The molecule has 0 aromatic heterocycles. The van der Waals surface area contributed by atoms with Crippen LogP contribution in [0.3, 0.4) is 0 Å². The van der Waals surface area contributed by atoms with Crippen LogP contribution in [0.1, 0.15) is 75.1 Å². The van der Waals surface area contributed by atoms with Gasteiger partial charge in [-0.05, 0) is 83.4 Å². The second-order valence-corrected chi connectivity index (χ2v) is 7.94. The van der Waals surface area contributed by atoms with Crippen LogP contribution < -0.4 is 5.30 Å². The highest BCUT2D eigenvalue weighted by Gasteiger charge is 2.18. The first-order valence-electron chi connectivity index (χ1n) is 9.78. The van der Waals surface area contributed by atoms with Crippen LogP contribution in [0.15, 0.2) is 42.5 Å². The van der Waals surface area contributed by atoms with Gasteiger partial charge in [0.25, 0.3) is 0 Å². The van der Waals surface area contributed by atoms with E-state index in [1.807, 2.05) is 0 Å². The van der Waals surface area contributed by atoms with E-state index in [2.05, 4.69) is 48.2 Å². The van der Waals surface area contributed by atoms with E-state index in [4.69, 9.17) is 0 Å². The van der Waals surface area contributed by atoms with Gasteiger partial charge in [0.2, 0.25) is 0 Å². The predicted molar refractivity (Wildman–Crippen MR) is 117 cm³/mol. The number of hydrogen-bond acceptors (Lipinski definition) is 1. The van der Waals surface area contributed by atoms with Crippen LogP contribution in [0, 0.1) is 5.82 Å². The van der Waals surface area contributed by atoms with Gasteiger partial charge in [-0.3, -0.25) is 4.79 Å². The lowest BCUT2D eigenvalue weighted by atomic mass is 9.82. The summed E-state index contributed by atoms with van der Waals surface area (Å²) in [6.07, 6.45) is 6.41. The third-order valence-corrected chi connectivity index (χ3v) is 5.20. The summed E-state index contributed by atoms with van der Waals surface area (Å²) in [7, 11) is 2.57. The fraction of sp³-hybridized carbons (Fsp3) is 0.375. The van der Waals surface area contributed by atoms with Crippen molar-refractivity contribution in [3.63, 3.8) is 0 Å². The predicted octanol–water partition coefficient (Wildman–Crippen LogP) is 6.20. The first-order valence-corrected chi connectivity index (χ1v) is 10.4. The molecule has 2 aromatic rings. The zero-order chi connectivity index (χ0) is 20.0. The molecule has 144 valence electrons. The number of ketones is 1. The molecule has 0 saturated heterocycles. The lowest BCUT2D eigenvalue weighted by molar-refractivity contribution is -0.112. The van der Waals surface area contributed by atoms with Gasteiger partial charge in [0.05, 0.1) is 0 Å². The minimum absolute atomic E-state index is 0.00943. The second kappa shape index (κ2) is 9.95.